The predicted octanol–water partition coefficient (Wildman–Crippen LogP) is 0.525. The monoisotopic (exact) mass is 309 g/mol. The number of aromatic nitrogens is 1. The van der Waals surface area contributed by atoms with Gasteiger partial charge in [-0.2, -0.15) is 0 Å². The van der Waals surface area contributed by atoms with Crippen LogP contribution in [0.1, 0.15) is 13.3 Å². The molecule has 4 N–H and O–H groups in total. The number of primary sulfonamides is 1. The molecule has 1 atom stereocenters. The van der Waals surface area contributed by atoms with Crippen molar-refractivity contribution in [2.24, 2.45) is 10.9 Å². The van der Waals surface area contributed by atoms with Crippen LogP contribution in [0.3, 0.4) is 0 Å². The van der Waals surface area contributed by atoms with E-state index >= 15 is 0 Å². The lowest BCUT2D eigenvalue weighted by atomic mass is 10.2. The number of benzene rings is 1. The molecule has 0 radical (unpaired) electrons. The first kappa shape index (κ1) is 15.2. The second-order valence-electron chi connectivity index (χ2n) is 4.42. The van der Waals surface area contributed by atoms with Gasteiger partial charge in [-0.3, -0.25) is 9.78 Å². The van der Waals surface area contributed by atoms with Crippen molar-refractivity contribution in [3.8, 4) is 5.75 Å². The predicted molar refractivity (Wildman–Crippen MR) is 77.0 cm³/mol. The number of sulfonamides is 1. The van der Waals surface area contributed by atoms with Crippen molar-refractivity contribution >= 4 is 26.8 Å². The Hall–Kier alpha value is -2.19. The van der Waals surface area contributed by atoms with E-state index in [2.05, 4.69) is 4.98 Å². The fourth-order valence-electron chi connectivity index (χ4n) is 1.95. The summed E-state index contributed by atoms with van der Waals surface area (Å²) in [6.07, 6.45) is 1.05. The van der Waals surface area contributed by atoms with Crippen molar-refractivity contribution in [2.75, 3.05) is 0 Å². The first-order valence-corrected chi connectivity index (χ1v) is 7.75. The lowest BCUT2D eigenvalue weighted by Gasteiger charge is -2.16. The van der Waals surface area contributed by atoms with Crippen LogP contribution in [0.2, 0.25) is 0 Å². The van der Waals surface area contributed by atoms with E-state index in [4.69, 9.17) is 15.6 Å². The minimum atomic E-state index is -3.91. The van der Waals surface area contributed by atoms with Gasteiger partial charge in [0.25, 0.3) is 5.91 Å². The van der Waals surface area contributed by atoms with Crippen LogP contribution in [0.4, 0.5) is 0 Å². The molecule has 0 aliphatic heterocycles. The molecule has 0 bridgehead atoms. The summed E-state index contributed by atoms with van der Waals surface area (Å²) in [7, 11) is -3.91. The van der Waals surface area contributed by atoms with Crippen LogP contribution in [0, 0.1) is 0 Å². The highest BCUT2D eigenvalue weighted by Crippen LogP contribution is 2.29. The van der Waals surface area contributed by atoms with Crippen molar-refractivity contribution in [1.82, 2.24) is 4.98 Å². The Morgan fingerprint density at radius 3 is 2.67 bits per heavy atom. The zero-order valence-corrected chi connectivity index (χ0v) is 12.1. The van der Waals surface area contributed by atoms with Gasteiger partial charge >= 0.3 is 0 Å². The molecule has 1 amide bonds. The largest absolute Gasteiger partial charge is 0.480 e. The molecular weight excluding hydrogens is 294 g/mol. The molecule has 0 spiro atoms. The molecule has 2 aromatic rings. The van der Waals surface area contributed by atoms with E-state index in [-0.39, 0.29) is 10.4 Å². The number of hydrogen-bond acceptors (Lipinski definition) is 5. The molecule has 8 heteroatoms. The maximum Gasteiger partial charge on any atom is 0.258 e. The molecule has 7 nitrogen and oxygen atoms in total. The summed E-state index contributed by atoms with van der Waals surface area (Å²) >= 11 is 0. The van der Waals surface area contributed by atoms with Crippen LogP contribution < -0.4 is 15.6 Å². The average Bonchev–Trinajstić information content (AvgIpc) is 2.42. The first-order valence-electron chi connectivity index (χ1n) is 6.21. The maximum atomic E-state index is 11.6. The quantitative estimate of drug-likeness (QED) is 0.833. The summed E-state index contributed by atoms with van der Waals surface area (Å²) in [6.45, 7) is 1.76. The Balaban J connectivity index is 2.61. The lowest BCUT2D eigenvalue weighted by Crippen LogP contribution is -2.33. The van der Waals surface area contributed by atoms with Crippen molar-refractivity contribution in [2.45, 2.75) is 24.3 Å². The third-order valence-electron chi connectivity index (χ3n) is 2.96. The van der Waals surface area contributed by atoms with Gasteiger partial charge in [-0.1, -0.05) is 6.92 Å². The number of amides is 1. The van der Waals surface area contributed by atoms with Gasteiger partial charge in [-0.15, -0.1) is 0 Å². The van der Waals surface area contributed by atoms with Crippen LogP contribution in [-0.2, 0) is 14.8 Å². The molecular formula is C13H15N3O4S. The molecule has 0 saturated carbocycles. The van der Waals surface area contributed by atoms with Gasteiger partial charge in [0.2, 0.25) is 10.0 Å². The summed E-state index contributed by atoms with van der Waals surface area (Å²) in [5.41, 5.74) is 5.43. The Kier molecular flexibility index (Phi) is 4.10. The number of nitrogens with two attached hydrogens (primary N) is 2. The highest BCUT2D eigenvalue weighted by molar-refractivity contribution is 7.89. The van der Waals surface area contributed by atoms with Crippen LogP contribution in [0.5, 0.6) is 5.75 Å². The Labute approximate surface area is 122 Å². The highest BCUT2D eigenvalue weighted by atomic mass is 32.2. The van der Waals surface area contributed by atoms with Crippen LogP contribution in [0.15, 0.2) is 35.4 Å². The van der Waals surface area contributed by atoms with Gasteiger partial charge in [0.05, 0.1) is 5.52 Å². The van der Waals surface area contributed by atoms with Crippen molar-refractivity contribution in [3.05, 3.63) is 30.5 Å². The molecule has 2 rings (SSSR count). The minimum absolute atomic E-state index is 0.0995. The lowest BCUT2D eigenvalue weighted by molar-refractivity contribution is -0.124. The second kappa shape index (κ2) is 5.66. The fraction of sp³-hybridized carbons (Fsp3) is 0.231. The smallest absolute Gasteiger partial charge is 0.258 e. The molecule has 1 aromatic carbocycles. The normalized spacial score (nSPS) is 13.0. The molecule has 21 heavy (non-hydrogen) atoms. The topological polar surface area (TPSA) is 125 Å². The fourth-order valence-corrected chi connectivity index (χ4v) is 2.64. The van der Waals surface area contributed by atoms with E-state index in [0.29, 0.717) is 17.6 Å². The number of nitrogens with zero attached hydrogens (tertiary/aromatic N) is 1. The summed E-state index contributed by atoms with van der Waals surface area (Å²) in [5, 5.41) is 5.61. The SMILES string of the molecule is CCC(Oc1ccc(S(N)(=O)=O)c2ncccc12)C(N)=O. The van der Waals surface area contributed by atoms with Crippen LogP contribution in [0.25, 0.3) is 10.9 Å². The molecule has 1 unspecified atom stereocenters. The number of carbonyl (C=O) groups excluding carboxylic acids is 1. The zero-order chi connectivity index (χ0) is 15.6. The first-order chi connectivity index (χ1) is 9.84. The Morgan fingerprint density at radius 1 is 1.38 bits per heavy atom. The van der Waals surface area contributed by atoms with E-state index in [1.54, 1.807) is 19.1 Å². The number of primary amides is 1. The molecule has 0 fully saturated rings. The van der Waals surface area contributed by atoms with E-state index < -0.39 is 22.0 Å². The van der Waals surface area contributed by atoms with E-state index in [0.717, 1.165) is 0 Å². The van der Waals surface area contributed by atoms with Crippen molar-refractivity contribution < 1.29 is 17.9 Å². The third-order valence-corrected chi connectivity index (χ3v) is 3.90. The summed E-state index contributed by atoms with van der Waals surface area (Å²) in [4.78, 5) is 15.2. The summed E-state index contributed by atoms with van der Waals surface area (Å²) in [6, 6.07) is 6.01. The Morgan fingerprint density at radius 2 is 2.10 bits per heavy atom. The van der Waals surface area contributed by atoms with Gasteiger partial charge in [-0.05, 0) is 30.7 Å². The number of pyridine rings is 1. The highest BCUT2D eigenvalue weighted by Gasteiger charge is 2.20. The minimum Gasteiger partial charge on any atom is -0.480 e. The van der Waals surface area contributed by atoms with Gasteiger partial charge in [-0.25, -0.2) is 13.6 Å². The van der Waals surface area contributed by atoms with Gasteiger partial charge < -0.3 is 10.5 Å². The van der Waals surface area contributed by atoms with Gasteiger partial charge in [0, 0.05) is 11.6 Å². The van der Waals surface area contributed by atoms with Crippen LogP contribution >= 0.6 is 0 Å². The number of rotatable bonds is 5. The third kappa shape index (κ3) is 3.11. The van der Waals surface area contributed by atoms with E-state index in [1.165, 1.54) is 18.3 Å². The molecule has 0 aliphatic carbocycles. The molecule has 112 valence electrons. The van der Waals surface area contributed by atoms with E-state index in [1.807, 2.05) is 0 Å². The number of carbonyl (C=O) groups is 1. The maximum absolute atomic E-state index is 11.6. The Bertz CT molecular complexity index is 789. The standard InChI is InChI=1S/C13H15N3O4S/c1-2-9(13(14)17)20-10-5-6-11(21(15,18)19)12-8(10)4-3-7-16-12/h3-7,9H,2H2,1H3,(H2,14,17)(H2,15,18,19). The number of fused-ring (bicyclic) bond motifs is 1. The molecule has 0 saturated heterocycles. The summed E-state index contributed by atoms with van der Waals surface area (Å²) in [5.74, 6) is -0.263. The molecule has 1 heterocycles. The van der Waals surface area contributed by atoms with Crippen molar-refractivity contribution in [3.63, 3.8) is 0 Å². The van der Waals surface area contributed by atoms with Crippen LogP contribution in [-0.4, -0.2) is 25.4 Å². The van der Waals surface area contributed by atoms with Gasteiger partial charge in [0.1, 0.15) is 10.6 Å². The molecule has 1 aromatic heterocycles. The number of hydrogen-bond donors (Lipinski definition) is 2. The number of ether oxygens (including phenoxy) is 1. The molecule has 0 aliphatic rings. The second-order valence-corrected chi connectivity index (χ2v) is 5.95. The zero-order valence-electron chi connectivity index (χ0n) is 11.3. The van der Waals surface area contributed by atoms with Crippen molar-refractivity contribution in [1.29, 1.82) is 0 Å². The summed E-state index contributed by atoms with van der Waals surface area (Å²) < 4.78 is 28.7. The van der Waals surface area contributed by atoms with E-state index in [9.17, 15) is 13.2 Å². The average molecular weight is 309 g/mol. The van der Waals surface area contributed by atoms with Gasteiger partial charge in [0.15, 0.2) is 6.10 Å².